The van der Waals surface area contributed by atoms with Crippen LogP contribution in [0.5, 0.6) is 0 Å². The molecule has 0 bridgehead atoms. The first-order chi connectivity index (χ1) is 19.4. The normalized spacial score (nSPS) is 12.5. The van der Waals surface area contributed by atoms with E-state index in [0.717, 1.165) is 38.8 Å². The van der Waals surface area contributed by atoms with Gasteiger partial charge in [-0.2, -0.15) is 0 Å². The maximum Gasteiger partial charge on any atom is 0.328 e. The monoisotopic (exact) mass is 497 g/mol. The summed E-state index contributed by atoms with van der Waals surface area (Å²) in [5, 5.41) is 2.30. The van der Waals surface area contributed by atoms with E-state index in [2.05, 4.69) is 138 Å². The summed E-state index contributed by atoms with van der Waals surface area (Å²) in [6, 6.07) is 52.0. The van der Waals surface area contributed by atoms with Crippen LogP contribution in [0.4, 0.5) is 11.4 Å². The van der Waals surface area contributed by atoms with E-state index in [1.165, 1.54) is 27.7 Å². The van der Waals surface area contributed by atoms with Gasteiger partial charge in [0, 0.05) is 33.3 Å². The number of anilines is 2. The SMILES string of the molecule is c1ccc(B2c3ccccc3-c3ccccc3N2c2ccc(-c3cccc4c3oc3ccccc34)cc2)cc1. The van der Waals surface area contributed by atoms with Crippen LogP contribution in [0.3, 0.4) is 0 Å². The van der Waals surface area contributed by atoms with Crippen LogP contribution in [0, 0.1) is 0 Å². The van der Waals surface area contributed by atoms with Gasteiger partial charge in [-0.25, -0.2) is 0 Å². The number of para-hydroxylation sites is 3. The quantitative estimate of drug-likeness (QED) is 0.229. The zero-order valence-electron chi connectivity index (χ0n) is 21.3. The average molecular weight is 497 g/mol. The van der Waals surface area contributed by atoms with Crippen molar-refractivity contribution in [3.05, 3.63) is 146 Å². The highest BCUT2D eigenvalue weighted by Crippen LogP contribution is 2.41. The maximum absolute atomic E-state index is 6.33. The molecule has 1 aromatic heterocycles. The van der Waals surface area contributed by atoms with Crippen molar-refractivity contribution in [1.82, 2.24) is 0 Å². The van der Waals surface area contributed by atoms with Crippen molar-refractivity contribution in [2.75, 3.05) is 4.81 Å². The Hall–Kier alpha value is -5.02. The van der Waals surface area contributed by atoms with Gasteiger partial charge in [0.2, 0.25) is 0 Å². The van der Waals surface area contributed by atoms with Gasteiger partial charge in [0.15, 0.2) is 0 Å². The molecule has 0 saturated heterocycles. The first-order valence-electron chi connectivity index (χ1n) is 13.4. The van der Waals surface area contributed by atoms with Crippen LogP contribution in [0.2, 0.25) is 0 Å². The Morgan fingerprint density at radius 2 is 1.15 bits per heavy atom. The summed E-state index contributed by atoms with van der Waals surface area (Å²) in [7, 11) is 0. The maximum atomic E-state index is 6.33. The van der Waals surface area contributed by atoms with E-state index < -0.39 is 0 Å². The lowest BCUT2D eigenvalue weighted by molar-refractivity contribution is 0.670. The molecule has 0 radical (unpaired) electrons. The largest absolute Gasteiger partial charge is 0.455 e. The summed E-state index contributed by atoms with van der Waals surface area (Å²) >= 11 is 0. The van der Waals surface area contributed by atoms with Crippen molar-refractivity contribution >= 4 is 51.1 Å². The molecule has 0 N–H and O–H groups in total. The fourth-order valence-corrected chi connectivity index (χ4v) is 6.20. The minimum absolute atomic E-state index is 0.0713. The van der Waals surface area contributed by atoms with Crippen molar-refractivity contribution in [3.8, 4) is 22.3 Å². The lowest BCUT2D eigenvalue weighted by Gasteiger charge is -2.39. The summed E-state index contributed by atoms with van der Waals surface area (Å²) in [5.41, 5.74) is 11.6. The molecule has 7 aromatic rings. The summed E-state index contributed by atoms with van der Waals surface area (Å²) in [4.78, 5) is 2.48. The molecule has 0 aliphatic carbocycles. The topological polar surface area (TPSA) is 16.4 Å². The van der Waals surface area contributed by atoms with Gasteiger partial charge in [-0.1, -0.05) is 127 Å². The molecule has 182 valence electrons. The molecule has 1 aliphatic heterocycles. The number of furan rings is 1. The predicted molar refractivity (Wildman–Crippen MR) is 165 cm³/mol. The van der Waals surface area contributed by atoms with E-state index in [1.54, 1.807) is 0 Å². The smallest absolute Gasteiger partial charge is 0.328 e. The van der Waals surface area contributed by atoms with Crippen LogP contribution in [0.25, 0.3) is 44.2 Å². The van der Waals surface area contributed by atoms with E-state index in [9.17, 15) is 0 Å². The van der Waals surface area contributed by atoms with E-state index in [0.29, 0.717) is 0 Å². The van der Waals surface area contributed by atoms with Gasteiger partial charge in [-0.15, -0.1) is 0 Å². The molecule has 0 atom stereocenters. The summed E-state index contributed by atoms with van der Waals surface area (Å²) in [5.74, 6) is 0. The number of hydrogen-bond donors (Lipinski definition) is 0. The van der Waals surface area contributed by atoms with Gasteiger partial charge in [0.05, 0.1) is 0 Å². The molecule has 8 rings (SSSR count). The first kappa shape index (κ1) is 22.0. The Bertz CT molecular complexity index is 1970. The third-order valence-electron chi connectivity index (χ3n) is 7.94. The molecule has 2 nitrogen and oxygen atoms in total. The van der Waals surface area contributed by atoms with Crippen molar-refractivity contribution < 1.29 is 4.42 Å². The zero-order chi connectivity index (χ0) is 25.8. The number of benzene rings is 6. The lowest BCUT2D eigenvalue weighted by atomic mass is 9.46. The second-order valence-corrected chi connectivity index (χ2v) is 10.1. The van der Waals surface area contributed by atoms with Crippen LogP contribution in [0.15, 0.2) is 150 Å². The van der Waals surface area contributed by atoms with Crippen LogP contribution in [-0.4, -0.2) is 6.85 Å². The molecule has 39 heavy (non-hydrogen) atoms. The Morgan fingerprint density at radius 1 is 0.487 bits per heavy atom. The van der Waals surface area contributed by atoms with E-state index >= 15 is 0 Å². The van der Waals surface area contributed by atoms with Crippen LogP contribution >= 0.6 is 0 Å². The average Bonchev–Trinajstić information content (AvgIpc) is 3.40. The van der Waals surface area contributed by atoms with Crippen molar-refractivity contribution in [2.24, 2.45) is 0 Å². The molecule has 0 saturated carbocycles. The molecule has 2 heterocycles. The van der Waals surface area contributed by atoms with Gasteiger partial charge in [0.25, 0.3) is 0 Å². The minimum Gasteiger partial charge on any atom is -0.455 e. The highest BCUT2D eigenvalue weighted by Gasteiger charge is 2.36. The van der Waals surface area contributed by atoms with Gasteiger partial charge in [0.1, 0.15) is 11.2 Å². The van der Waals surface area contributed by atoms with E-state index in [4.69, 9.17) is 4.42 Å². The van der Waals surface area contributed by atoms with Crippen LogP contribution in [0.1, 0.15) is 0 Å². The van der Waals surface area contributed by atoms with Gasteiger partial charge in [-0.05, 0) is 40.9 Å². The van der Waals surface area contributed by atoms with Crippen molar-refractivity contribution in [1.29, 1.82) is 0 Å². The molecular weight excluding hydrogens is 473 g/mol. The highest BCUT2D eigenvalue weighted by molar-refractivity contribution is 6.90. The molecule has 0 spiro atoms. The predicted octanol–water partition coefficient (Wildman–Crippen LogP) is 8.18. The molecule has 6 aromatic carbocycles. The van der Waals surface area contributed by atoms with Gasteiger partial charge < -0.3 is 9.23 Å². The van der Waals surface area contributed by atoms with Gasteiger partial charge in [-0.3, -0.25) is 0 Å². The van der Waals surface area contributed by atoms with Gasteiger partial charge >= 0.3 is 6.85 Å². The van der Waals surface area contributed by atoms with Crippen LogP contribution < -0.4 is 15.7 Å². The molecule has 0 unspecified atom stereocenters. The summed E-state index contributed by atoms with van der Waals surface area (Å²) in [6.45, 7) is 0.0713. The second kappa shape index (κ2) is 8.78. The highest BCUT2D eigenvalue weighted by atomic mass is 16.3. The molecule has 0 amide bonds. The number of rotatable bonds is 3. The molecule has 3 heteroatoms. The minimum atomic E-state index is 0.0713. The number of hydrogen-bond acceptors (Lipinski definition) is 2. The second-order valence-electron chi connectivity index (χ2n) is 10.1. The molecule has 0 fully saturated rings. The Balaban J connectivity index is 1.29. The standard InChI is InChI=1S/C36H24BNO/c1-2-11-26(12-3-1)37-33-18-7-4-13-29(33)30-14-5-8-19-34(30)38(37)27-23-21-25(22-24-27)28-16-10-17-32-31-15-6-9-20-35(31)39-36(28)32/h1-24H. The molecule has 1 aliphatic rings. The third-order valence-corrected chi connectivity index (χ3v) is 7.94. The van der Waals surface area contributed by atoms with Crippen LogP contribution in [-0.2, 0) is 0 Å². The van der Waals surface area contributed by atoms with Crippen molar-refractivity contribution in [3.63, 3.8) is 0 Å². The molecular formula is C36H24BNO. The number of nitrogens with zero attached hydrogens (tertiary/aromatic N) is 1. The Kier molecular flexibility index (Phi) is 4.96. The fraction of sp³-hybridized carbons (Fsp3) is 0. The summed E-state index contributed by atoms with van der Waals surface area (Å²) in [6.07, 6.45) is 0. The van der Waals surface area contributed by atoms with Crippen molar-refractivity contribution in [2.45, 2.75) is 0 Å². The fourth-order valence-electron chi connectivity index (χ4n) is 6.20. The zero-order valence-corrected chi connectivity index (χ0v) is 21.3. The van der Waals surface area contributed by atoms with E-state index in [-0.39, 0.29) is 6.85 Å². The Morgan fingerprint density at radius 3 is 2.03 bits per heavy atom. The lowest BCUT2D eigenvalue weighted by Crippen LogP contribution is -2.57. The Labute approximate surface area is 227 Å². The third kappa shape index (κ3) is 3.44. The summed E-state index contributed by atoms with van der Waals surface area (Å²) < 4.78 is 6.33. The number of fused-ring (bicyclic) bond motifs is 6. The van der Waals surface area contributed by atoms with E-state index in [1.807, 2.05) is 12.1 Å². The first-order valence-corrected chi connectivity index (χ1v) is 13.4.